The lowest BCUT2D eigenvalue weighted by molar-refractivity contribution is 0.343. The number of hydrogen-bond acceptors (Lipinski definition) is 2. The first-order valence-corrected chi connectivity index (χ1v) is 4.83. The third kappa shape index (κ3) is 4.52. The Kier molecular flexibility index (Phi) is 7.11. The number of allylic oxidation sites excluding steroid dienone is 1. The summed E-state index contributed by atoms with van der Waals surface area (Å²) in [5.41, 5.74) is 2.87. The van der Waals surface area contributed by atoms with Crippen molar-refractivity contribution in [1.82, 2.24) is 5.43 Å². The molecule has 0 saturated heterocycles. The molecule has 72 valence electrons. The highest BCUT2D eigenvalue weighted by Gasteiger charge is 2.13. The van der Waals surface area contributed by atoms with E-state index in [2.05, 4.69) is 25.9 Å². The highest BCUT2D eigenvalue weighted by molar-refractivity contribution is 4.76. The van der Waals surface area contributed by atoms with Gasteiger partial charge in [0.1, 0.15) is 0 Å². The van der Waals surface area contributed by atoms with E-state index in [-0.39, 0.29) is 0 Å². The Morgan fingerprint density at radius 2 is 2.17 bits per heavy atom. The molecule has 2 unspecified atom stereocenters. The van der Waals surface area contributed by atoms with Crippen LogP contribution in [-0.2, 0) is 0 Å². The van der Waals surface area contributed by atoms with Crippen LogP contribution in [-0.4, -0.2) is 6.04 Å². The van der Waals surface area contributed by atoms with Gasteiger partial charge in [-0.2, -0.15) is 0 Å². The van der Waals surface area contributed by atoms with Gasteiger partial charge in [0.25, 0.3) is 0 Å². The molecule has 2 heteroatoms. The summed E-state index contributed by atoms with van der Waals surface area (Å²) in [6, 6.07) is 0.447. The SMILES string of the molecule is C=CCCC(NN)C(C)CCC. The quantitative estimate of drug-likeness (QED) is 0.349. The molecule has 0 aliphatic carbocycles. The number of rotatable bonds is 7. The smallest absolute Gasteiger partial charge is 0.0239 e. The Bertz CT molecular complexity index is 112. The predicted octanol–water partition coefficient (Wildman–Crippen LogP) is 2.22. The van der Waals surface area contributed by atoms with Gasteiger partial charge in [-0.05, 0) is 25.2 Å². The van der Waals surface area contributed by atoms with Crippen LogP contribution >= 0.6 is 0 Å². The monoisotopic (exact) mass is 170 g/mol. The lowest BCUT2D eigenvalue weighted by atomic mass is 9.94. The normalized spacial score (nSPS) is 15.6. The summed E-state index contributed by atoms with van der Waals surface area (Å²) in [6.45, 7) is 8.16. The molecular formula is C10H22N2. The molecule has 12 heavy (non-hydrogen) atoms. The van der Waals surface area contributed by atoms with Crippen LogP contribution < -0.4 is 11.3 Å². The molecule has 0 bridgehead atoms. The Balaban J connectivity index is 3.69. The minimum absolute atomic E-state index is 0.447. The van der Waals surface area contributed by atoms with Crippen LogP contribution in [0.5, 0.6) is 0 Å². The fourth-order valence-corrected chi connectivity index (χ4v) is 1.49. The second-order valence-corrected chi connectivity index (χ2v) is 3.41. The Labute approximate surface area is 76.2 Å². The molecule has 0 amide bonds. The zero-order chi connectivity index (χ0) is 9.40. The van der Waals surface area contributed by atoms with Crippen LogP contribution in [0.1, 0.15) is 39.5 Å². The summed E-state index contributed by atoms with van der Waals surface area (Å²) in [5.74, 6) is 6.13. The number of hydrazine groups is 1. The molecule has 0 saturated carbocycles. The first-order chi connectivity index (χ1) is 5.76. The van der Waals surface area contributed by atoms with Gasteiger partial charge in [-0.25, -0.2) is 0 Å². The fourth-order valence-electron chi connectivity index (χ4n) is 1.49. The molecule has 0 fully saturated rings. The topological polar surface area (TPSA) is 38.0 Å². The van der Waals surface area contributed by atoms with Crippen molar-refractivity contribution in [1.29, 1.82) is 0 Å². The maximum Gasteiger partial charge on any atom is 0.0239 e. The number of nitrogens with two attached hydrogens (primary N) is 1. The summed E-state index contributed by atoms with van der Waals surface area (Å²) >= 11 is 0. The third-order valence-corrected chi connectivity index (χ3v) is 2.33. The van der Waals surface area contributed by atoms with Gasteiger partial charge in [0.15, 0.2) is 0 Å². The first kappa shape index (κ1) is 11.7. The van der Waals surface area contributed by atoms with Crippen molar-refractivity contribution in [2.45, 2.75) is 45.6 Å². The highest BCUT2D eigenvalue weighted by Crippen LogP contribution is 2.14. The molecule has 0 radical (unpaired) electrons. The van der Waals surface area contributed by atoms with Gasteiger partial charge < -0.3 is 0 Å². The van der Waals surface area contributed by atoms with Crippen molar-refractivity contribution >= 4 is 0 Å². The summed E-state index contributed by atoms with van der Waals surface area (Å²) in [4.78, 5) is 0. The fraction of sp³-hybridized carbons (Fsp3) is 0.800. The lowest BCUT2D eigenvalue weighted by Gasteiger charge is -2.22. The zero-order valence-electron chi connectivity index (χ0n) is 8.34. The molecule has 2 atom stereocenters. The molecule has 2 nitrogen and oxygen atoms in total. The average molecular weight is 170 g/mol. The van der Waals surface area contributed by atoms with Gasteiger partial charge >= 0.3 is 0 Å². The minimum Gasteiger partial charge on any atom is -0.271 e. The number of nitrogens with one attached hydrogen (secondary N) is 1. The number of hydrogen-bond donors (Lipinski definition) is 2. The largest absolute Gasteiger partial charge is 0.271 e. The van der Waals surface area contributed by atoms with E-state index in [1.165, 1.54) is 12.8 Å². The van der Waals surface area contributed by atoms with Crippen LogP contribution in [0.3, 0.4) is 0 Å². The van der Waals surface area contributed by atoms with Crippen LogP contribution in [0.15, 0.2) is 12.7 Å². The van der Waals surface area contributed by atoms with Crippen molar-refractivity contribution in [3.63, 3.8) is 0 Å². The van der Waals surface area contributed by atoms with Crippen LogP contribution in [0.4, 0.5) is 0 Å². The van der Waals surface area contributed by atoms with Crippen molar-refractivity contribution in [2.75, 3.05) is 0 Å². The Morgan fingerprint density at radius 1 is 1.50 bits per heavy atom. The Morgan fingerprint density at radius 3 is 2.58 bits per heavy atom. The summed E-state index contributed by atoms with van der Waals surface area (Å²) in [6.07, 6.45) is 6.56. The van der Waals surface area contributed by atoms with E-state index in [0.29, 0.717) is 12.0 Å². The van der Waals surface area contributed by atoms with Crippen LogP contribution in [0.25, 0.3) is 0 Å². The van der Waals surface area contributed by atoms with Crippen molar-refractivity contribution in [3.05, 3.63) is 12.7 Å². The van der Waals surface area contributed by atoms with E-state index in [4.69, 9.17) is 5.84 Å². The molecule has 0 aromatic carbocycles. The summed E-state index contributed by atoms with van der Waals surface area (Å²) in [7, 11) is 0. The van der Waals surface area contributed by atoms with E-state index >= 15 is 0 Å². The molecular weight excluding hydrogens is 148 g/mol. The van der Waals surface area contributed by atoms with E-state index < -0.39 is 0 Å². The highest BCUT2D eigenvalue weighted by atomic mass is 15.2. The molecule has 0 aliphatic heterocycles. The Hall–Kier alpha value is -0.340. The average Bonchev–Trinajstić information content (AvgIpc) is 2.06. The molecule has 3 N–H and O–H groups in total. The van der Waals surface area contributed by atoms with E-state index in [9.17, 15) is 0 Å². The standard InChI is InChI=1S/C10H22N2/c1-4-6-8-10(12-11)9(3)7-5-2/h4,9-10,12H,1,5-8,11H2,2-3H3. The maximum atomic E-state index is 5.46. The second-order valence-electron chi connectivity index (χ2n) is 3.41. The summed E-state index contributed by atoms with van der Waals surface area (Å²) in [5, 5.41) is 0. The van der Waals surface area contributed by atoms with E-state index in [1.54, 1.807) is 0 Å². The van der Waals surface area contributed by atoms with Gasteiger partial charge in [0, 0.05) is 6.04 Å². The van der Waals surface area contributed by atoms with Gasteiger partial charge in [0.2, 0.25) is 0 Å². The molecule has 0 aromatic rings. The molecule has 0 rings (SSSR count). The van der Waals surface area contributed by atoms with Crippen molar-refractivity contribution in [2.24, 2.45) is 11.8 Å². The second kappa shape index (κ2) is 7.32. The minimum atomic E-state index is 0.447. The first-order valence-electron chi connectivity index (χ1n) is 4.83. The van der Waals surface area contributed by atoms with Gasteiger partial charge in [-0.1, -0.05) is 26.3 Å². The summed E-state index contributed by atoms with van der Waals surface area (Å²) < 4.78 is 0. The third-order valence-electron chi connectivity index (χ3n) is 2.33. The molecule has 0 aromatic heterocycles. The van der Waals surface area contributed by atoms with Gasteiger partial charge in [-0.3, -0.25) is 11.3 Å². The lowest BCUT2D eigenvalue weighted by Crippen LogP contribution is -2.39. The van der Waals surface area contributed by atoms with Gasteiger partial charge in [0.05, 0.1) is 0 Å². The van der Waals surface area contributed by atoms with Gasteiger partial charge in [-0.15, -0.1) is 6.58 Å². The molecule has 0 spiro atoms. The van der Waals surface area contributed by atoms with E-state index in [1.807, 2.05) is 6.08 Å². The van der Waals surface area contributed by atoms with Crippen molar-refractivity contribution < 1.29 is 0 Å². The zero-order valence-corrected chi connectivity index (χ0v) is 8.34. The maximum absolute atomic E-state index is 5.46. The van der Waals surface area contributed by atoms with Crippen LogP contribution in [0, 0.1) is 5.92 Å². The van der Waals surface area contributed by atoms with Crippen LogP contribution in [0.2, 0.25) is 0 Å². The molecule has 0 heterocycles. The van der Waals surface area contributed by atoms with Crippen molar-refractivity contribution in [3.8, 4) is 0 Å². The van der Waals surface area contributed by atoms with E-state index in [0.717, 1.165) is 12.8 Å². The predicted molar refractivity (Wildman–Crippen MR) is 54.6 cm³/mol. The molecule has 0 aliphatic rings.